The summed E-state index contributed by atoms with van der Waals surface area (Å²) in [6.45, 7) is 1.90. The van der Waals surface area contributed by atoms with Crippen LogP contribution in [0.3, 0.4) is 0 Å². The molecule has 0 aliphatic heterocycles. The maximum Gasteiger partial charge on any atom is 0.258 e. The first-order valence-corrected chi connectivity index (χ1v) is 7.06. The second kappa shape index (κ2) is 5.72. The van der Waals surface area contributed by atoms with E-state index in [1.54, 1.807) is 25.5 Å². The number of ether oxygens (including phenoxy) is 1. The lowest BCUT2D eigenvalue weighted by Crippen LogP contribution is -2.26. The van der Waals surface area contributed by atoms with Crippen LogP contribution in [-0.4, -0.2) is 30.0 Å². The number of aryl methyl sites for hydroxylation is 1. The van der Waals surface area contributed by atoms with Crippen LogP contribution in [0, 0.1) is 12.7 Å². The van der Waals surface area contributed by atoms with E-state index in [1.165, 1.54) is 30.2 Å². The van der Waals surface area contributed by atoms with Crippen LogP contribution < -0.4 is 9.64 Å². The van der Waals surface area contributed by atoms with Crippen molar-refractivity contribution in [3.8, 4) is 5.75 Å². The van der Waals surface area contributed by atoms with Crippen LogP contribution in [0.15, 0.2) is 36.7 Å². The fourth-order valence-electron chi connectivity index (χ4n) is 2.52. The van der Waals surface area contributed by atoms with Gasteiger partial charge in [-0.3, -0.25) is 4.79 Å². The Hall–Kier alpha value is -2.89. The first-order chi connectivity index (χ1) is 11.0. The molecular weight excluding hydrogens is 297 g/mol. The Morgan fingerprint density at radius 1 is 1.30 bits per heavy atom. The summed E-state index contributed by atoms with van der Waals surface area (Å²) in [5, 5.41) is 0. The number of hydrogen-bond donors (Lipinski definition) is 1. The molecule has 0 aliphatic rings. The summed E-state index contributed by atoms with van der Waals surface area (Å²) in [6, 6.07) is 7.87. The highest BCUT2D eigenvalue weighted by molar-refractivity contribution is 6.07. The molecule has 0 bridgehead atoms. The molecule has 0 radical (unpaired) electrons. The predicted octanol–water partition coefficient (Wildman–Crippen LogP) is 3.30. The first-order valence-electron chi connectivity index (χ1n) is 7.06. The average molecular weight is 313 g/mol. The maximum absolute atomic E-state index is 13.5. The Kier molecular flexibility index (Phi) is 3.73. The number of carbonyl (C=O) groups is 1. The van der Waals surface area contributed by atoms with Gasteiger partial charge in [0, 0.05) is 24.4 Å². The monoisotopic (exact) mass is 313 g/mol. The van der Waals surface area contributed by atoms with Gasteiger partial charge in [0.15, 0.2) is 11.6 Å². The Morgan fingerprint density at radius 2 is 2.09 bits per heavy atom. The number of imidazole rings is 1. The topological polar surface area (TPSA) is 58.2 Å². The number of aromatic nitrogens is 2. The van der Waals surface area contributed by atoms with Crippen molar-refractivity contribution in [2.24, 2.45) is 0 Å². The van der Waals surface area contributed by atoms with Crippen LogP contribution in [0.1, 0.15) is 15.9 Å². The molecule has 1 heterocycles. The largest absolute Gasteiger partial charge is 0.494 e. The van der Waals surface area contributed by atoms with Crippen molar-refractivity contribution in [2.45, 2.75) is 6.92 Å². The molecule has 5 nitrogen and oxygen atoms in total. The molecule has 0 saturated heterocycles. The van der Waals surface area contributed by atoms with E-state index in [-0.39, 0.29) is 11.7 Å². The van der Waals surface area contributed by atoms with Crippen molar-refractivity contribution in [1.82, 2.24) is 9.97 Å². The van der Waals surface area contributed by atoms with Gasteiger partial charge in [-0.15, -0.1) is 0 Å². The highest BCUT2D eigenvalue weighted by Crippen LogP contribution is 2.25. The fourth-order valence-corrected chi connectivity index (χ4v) is 2.52. The van der Waals surface area contributed by atoms with Gasteiger partial charge < -0.3 is 14.6 Å². The third kappa shape index (κ3) is 2.63. The second-order valence-electron chi connectivity index (χ2n) is 5.27. The van der Waals surface area contributed by atoms with Gasteiger partial charge in [-0.05, 0) is 36.8 Å². The Bertz CT molecular complexity index is 889. The zero-order valence-corrected chi connectivity index (χ0v) is 13.1. The number of benzene rings is 2. The van der Waals surface area contributed by atoms with E-state index in [0.29, 0.717) is 11.3 Å². The maximum atomic E-state index is 13.5. The van der Waals surface area contributed by atoms with E-state index in [4.69, 9.17) is 4.74 Å². The third-order valence-corrected chi connectivity index (χ3v) is 3.79. The number of rotatable bonds is 3. The summed E-state index contributed by atoms with van der Waals surface area (Å²) in [6.07, 6.45) is 1.60. The van der Waals surface area contributed by atoms with Crippen LogP contribution >= 0.6 is 0 Å². The smallest absolute Gasteiger partial charge is 0.258 e. The number of methoxy groups -OCH3 is 1. The minimum Gasteiger partial charge on any atom is -0.494 e. The number of fused-ring (bicyclic) bond motifs is 1. The van der Waals surface area contributed by atoms with Crippen molar-refractivity contribution >= 4 is 22.6 Å². The number of halogens is 1. The molecule has 23 heavy (non-hydrogen) atoms. The lowest BCUT2D eigenvalue weighted by molar-refractivity contribution is 0.0993. The molecule has 0 aliphatic carbocycles. The van der Waals surface area contributed by atoms with E-state index in [9.17, 15) is 9.18 Å². The van der Waals surface area contributed by atoms with Crippen LogP contribution in [0.4, 0.5) is 10.1 Å². The molecule has 2 aromatic carbocycles. The highest BCUT2D eigenvalue weighted by atomic mass is 19.1. The first kappa shape index (κ1) is 15.0. The molecule has 118 valence electrons. The van der Waals surface area contributed by atoms with Gasteiger partial charge in [-0.2, -0.15) is 0 Å². The van der Waals surface area contributed by atoms with Gasteiger partial charge >= 0.3 is 0 Å². The number of H-pyrrole nitrogens is 1. The summed E-state index contributed by atoms with van der Waals surface area (Å²) in [7, 11) is 3.03. The van der Waals surface area contributed by atoms with Crippen LogP contribution in [0.5, 0.6) is 5.75 Å². The van der Waals surface area contributed by atoms with Crippen molar-refractivity contribution in [3.63, 3.8) is 0 Å². The number of carbonyl (C=O) groups excluding carboxylic acids is 1. The minimum atomic E-state index is -0.466. The Morgan fingerprint density at radius 3 is 2.83 bits per heavy atom. The third-order valence-electron chi connectivity index (χ3n) is 3.79. The number of nitrogens with one attached hydrogen (secondary N) is 1. The summed E-state index contributed by atoms with van der Waals surface area (Å²) in [4.78, 5) is 21.4. The Labute approximate surface area is 132 Å². The zero-order valence-electron chi connectivity index (χ0n) is 13.1. The van der Waals surface area contributed by atoms with E-state index in [0.717, 1.165) is 16.6 Å². The Balaban J connectivity index is 1.97. The number of aromatic amines is 1. The normalized spacial score (nSPS) is 10.8. The second-order valence-corrected chi connectivity index (χ2v) is 5.27. The van der Waals surface area contributed by atoms with Gasteiger partial charge in [0.2, 0.25) is 0 Å². The molecule has 0 spiro atoms. The minimum absolute atomic E-state index is 0.0994. The van der Waals surface area contributed by atoms with Crippen molar-refractivity contribution in [1.29, 1.82) is 0 Å². The molecule has 3 aromatic rings. The van der Waals surface area contributed by atoms with E-state index in [1.807, 2.05) is 6.92 Å². The fraction of sp³-hybridized carbons (Fsp3) is 0.176. The summed E-state index contributed by atoms with van der Waals surface area (Å²) >= 11 is 0. The number of hydrogen-bond acceptors (Lipinski definition) is 3. The van der Waals surface area contributed by atoms with Crippen molar-refractivity contribution in [3.05, 3.63) is 53.6 Å². The predicted molar refractivity (Wildman–Crippen MR) is 86.5 cm³/mol. The molecular formula is C17H16FN3O2. The number of anilines is 1. The molecule has 1 N–H and O–H groups in total. The lowest BCUT2D eigenvalue weighted by Gasteiger charge is -2.18. The molecule has 0 atom stereocenters. The van der Waals surface area contributed by atoms with Crippen LogP contribution in [0.25, 0.3) is 11.0 Å². The molecule has 6 heteroatoms. The number of amides is 1. The van der Waals surface area contributed by atoms with Crippen LogP contribution in [-0.2, 0) is 0 Å². The van der Waals surface area contributed by atoms with Gasteiger partial charge in [-0.1, -0.05) is 0 Å². The molecule has 1 amide bonds. The SMILES string of the molecule is COc1cc(N(C)C(=O)c2cc(C)c3nc[nH]c3c2)ccc1F. The van der Waals surface area contributed by atoms with Gasteiger partial charge in [0.25, 0.3) is 5.91 Å². The summed E-state index contributed by atoms with van der Waals surface area (Å²) in [5.74, 6) is -0.563. The average Bonchev–Trinajstić information content (AvgIpc) is 3.03. The summed E-state index contributed by atoms with van der Waals surface area (Å²) < 4.78 is 18.5. The number of nitrogens with zero attached hydrogens (tertiary/aromatic N) is 2. The van der Waals surface area contributed by atoms with Gasteiger partial charge in [-0.25, -0.2) is 9.37 Å². The van der Waals surface area contributed by atoms with E-state index in [2.05, 4.69) is 9.97 Å². The van der Waals surface area contributed by atoms with Gasteiger partial charge in [0.05, 0.1) is 24.5 Å². The zero-order chi connectivity index (χ0) is 16.6. The van der Waals surface area contributed by atoms with E-state index < -0.39 is 5.82 Å². The summed E-state index contributed by atoms with van der Waals surface area (Å²) in [5.41, 5.74) is 3.64. The molecule has 0 fully saturated rings. The van der Waals surface area contributed by atoms with Crippen molar-refractivity contribution < 1.29 is 13.9 Å². The quantitative estimate of drug-likeness (QED) is 0.807. The van der Waals surface area contributed by atoms with Gasteiger partial charge in [0.1, 0.15) is 0 Å². The van der Waals surface area contributed by atoms with E-state index >= 15 is 0 Å². The highest BCUT2D eigenvalue weighted by Gasteiger charge is 2.17. The van der Waals surface area contributed by atoms with Crippen LogP contribution in [0.2, 0.25) is 0 Å². The van der Waals surface area contributed by atoms with Crippen molar-refractivity contribution in [2.75, 3.05) is 19.1 Å². The standard InChI is InChI=1S/C17H16FN3O2/c1-10-6-11(7-14-16(10)20-9-19-14)17(22)21(2)12-4-5-13(18)15(8-12)23-3/h4-9H,1-3H3,(H,19,20). The molecule has 0 saturated carbocycles. The molecule has 0 unspecified atom stereocenters. The molecule has 3 rings (SSSR count). The molecule has 1 aromatic heterocycles. The lowest BCUT2D eigenvalue weighted by atomic mass is 10.1.